The highest BCUT2D eigenvalue weighted by atomic mass is 32.2. The highest BCUT2D eigenvalue weighted by Crippen LogP contribution is 2.10. The fourth-order valence-corrected chi connectivity index (χ4v) is 4.95. The van der Waals surface area contributed by atoms with E-state index in [0.717, 1.165) is 0 Å². The molecule has 0 saturated heterocycles. The van der Waals surface area contributed by atoms with Crippen LogP contribution >= 0.6 is 23.5 Å². The van der Waals surface area contributed by atoms with Crippen LogP contribution in [0.4, 0.5) is 0 Å². The molecule has 0 aliphatic heterocycles. The first-order valence-corrected chi connectivity index (χ1v) is 11.8. The molecule has 0 unspecified atom stereocenters. The van der Waals surface area contributed by atoms with Crippen LogP contribution in [0.25, 0.3) is 0 Å². The Labute approximate surface area is 160 Å². The summed E-state index contributed by atoms with van der Waals surface area (Å²) in [4.78, 5) is 0. The van der Waals surface area contributed by atoms with Crippen LogP contribution in [-0.2, 0) is 0 Å². The average Bonchev–Trinajstić information content (AvgIpc) is 2.46. The van der Waals surface area contributed by atoms with E-state index in [4.69, 9.17) is 0 Å². The zero-order valence-corrected chi connectivity index (χ0v) is 19.1. The minimum Gasteiger partial charge on any atom is -0.226 e. The van der Waals surface area contributed by atoms with E-state index in [-0.39, 0.29) is 0 Å². The lowest BCUT2D eigenvalue weighted by Crippen LogP contribution is -2.27. The van der Waals surface area contributed by atoms with E-state index in [9.17, 15) is 0 Å². The van der Waals surface area contributed by atoms with Gasteiger partial charge in [-0.15, -0.1) is 0 Å². The first-order chi connectivity index (χ1) is 11.3. The Kier molecular flexibility index (Phi) is 14.3. The lowest BCUT2D eigenvalue weighted by atomic mass is 10.2. The van der Waals surface area contributed by atoms with Crippen molar-refractivity contribution in [1.82, 2.24) is 0 Å². The second-order valence-corrected chi connectivity index (χ2v) is 9.54. The zero-order valence-electron chi connectivity index (χ0n) is 17.4. The summed E-state index contributed by atoms with van der Waals surface area (Å²) in [5.41, 5.74) is 4.68. The molecule has 0 atom stereocenters. The standard InChI is InChI=1S/C20H42N2S2/c1-17(2)21(18(3)4)15-23-13-11-9-10-12-14-24-16-22(19(5)6)20(7)8/h15-20H,9-14H2,1-8H3/q+2. The minimum absolute atomic E-state index is 0.599. The van der Waals surface area contributed by atoms with E-state index in [1.165, 1.54) is 37.2 Å². The van der Waals surface area contributed by atoms with Crippen molar-refractivity contribution in [2.75, 3.05) is 11.5 Å². The number of nitrogens with zero attached hydrogens (tertiary/aromatic N) is 2. The highest BCUT2D eigenvalue weighted by Gasteiger charge is 2.14. The third kappa shape index (κ3) is 11.6. The third-order valence-corrected chi connectivity index (χ3v) is 5.89. The molecule has 0 heterocycles. The smallest absolute Gasteiger partial charge is 0.198 e. The summed E-state index contributed by atoms with van der Waals surface area (Å²) in [6.45, 7) is 18.2. The summed E-state index contributed by atoms with van der Waals surface area (Å²) in [7, 11) is 0. The molecule has 0 bridgehead atoms. The fourth-order valence-electron chi connectivity index (χ4n) is 2.68. The molecule has 0 radical (unpaired) electrons. The van der Waals surface area contributed by atoms with Gasteiger partial charge in [0.05, 0.1) is 0 Å². The van der Waals surface area contributed by atoms with Crippen molar-refractivity contribution in [1.29, 1.82) is 0 Å². The SMILES string of the molecule is CC(C)[N+](=CSCCCCCCSC=[N+](C(C)C)C(C)C)C(C)C. The number of thioether (sulfide) groups is 2. The van der Waals surface area contributed by atoms with Crippen LogP contribution in [0.15, 0.2) is 0 Å². The summed E-state index contributed by atoms with van der Waals surface area (Å²) in [5, 5.41) is 0. The number of unbranched alkanes of at least 4 members (excludes halogenated alkanes) is 3. The Balaban J connectivity index is 3.75. The van der Waals surface area contributed by atoms with E-state index in [1.807, 2.05) is 23.5 Å². The molecule has 0 fully saturated rings. The first kappa shape index (κ1) is 24.0. The van der Waals surface area contributed by atoms with Gasteiger partial charge in [0.1, 0.15) is 24.2 Å². The molecule has 0 aromatic rings. The maximum Gasteiger partial charge on any atom is 0.198 e. The van der Waals surface area contributed by atoms with Crippen molar-refractivity contribution in [3.63, 3.8) is 0 Å². The molecule has 0 N–H and O–H groups in total. The summed E-state index contributed by atoms with van der Waals surface area (Å²) in [6, 6.07) is 2.40. The number of rotatable bonds is 13. The Bertz CT molecular complexity index is 316. The summed E-state index contributed by atoms with van der Waals surface area (Å²) >= 11 is 3.96. The normalized spacial score (nSPS) is 11.7. The Morgan fingerprint density at radius 3 is 1.08 bits per heavy atom. The van der Waals surface area contributed by atoms with E-state index >= 15 is 0 Å². The largest absolute Gasteiger partial charge is 0.226 e. The molecule has 0 saturated carbocycles. The summed E-state index contributed by atoms with van der Waals surface area (Å²) in [5.74, 6) is 2.51. The maximum atomic E-state index is 2.45. The van der Waals surface area contributed by atoms with Crippen molar-refractivity contribution in [2.24, 2.45) is 0 Å². The fraction of sp³-hybridized carbons (Fsp3) is 0.900. The molecule has 0 aliphatic carbocycles. The second kappa shape index (κ2) is 14.2. The maximum absolute atomic E-state index is 2.45. The minimum atomic E-state index is 0.599. The first-order valence-electron chi connectivity index (χ1n) is 9.72. The van der Waals surface area contributed by atoms with Crippen molar-refractivity contribution in [2.45, 2.75) is 105 Å². The number of hydrogen-bond donors (Lipinski definition) is 0. The van der Waals surface area contributed by atoms with Crippen molar-refractivity contribution in [3.05, 3.63) is 0 Å². The van der Waals surface area contributed by atoms with Gasteiger partial charge in [-0.3, -0.25) is 0 Å². The summed E-state index contributed by atoms with van der Waals surface area (Å²) in [6.07, 6.45) is 5.40. The van der Waals surface area contributed by atoms with Gasteiger partial charge in [0.15, 0.2) is 11.1 Å². The Morgan fingerprint density at radius 2 is 0.833 bits per heavy atom. The van der Waals surface area contributed by atoms with Crippen LogP contribution in [0.3, 0.4) is 0 Å². The van der Waals surface area contributed by atoms with Crippen LogP contribution < -0.4 is 0 Å². The van der Waals surface area contributed by atoms with Crippen LogP contribution in [0, 0.1) is 0 Å². The molecule has 0 aromatic carbocycles. The number of hydrogen-bond acceptors (Lipinski definition) is 2. The van der Waals surface area contributed by atoms with Gasteiger partial charge in [0.25, 0.3) is 0 Å². The van der Waals surface area contributed by atoms with E-state index in [2.05, 4.69) is 75.6 Å². The van der Waals surface area contributed by atoms with Gasteiger partial charge >= 0.3 is 0 Å². The van der Waals surface area contributed by atoms with Crippen LogP contribution in [0.5, 0.6) is 0 Å². The molecule has 0 amide bonds. The van der Waals surface area contributed by atoms with Gasteiger partial charge in [-0.05, 0) is 68.2 Å². The van der Waals surface area contributed by atoms with Crippen LogP contribution in [-0.4, -0.2) is 55.9 Å². The van der Waals surface area contributed by atoms with E-state index < -0.39 is 0 Å². The molecular weight excluding hydrogens is 332 g/mol. The lowest BCUT2D eigenvalue weighted by Gasteiger charge is -2.10. The second-order valence-electron chi connectivity index (χ2n) is 7.64. The van der Waals surface area contributed by atoms with Crippen molar-refractivity contribution < 1.29 is 9.15 Å². The molecule has 4 heteroatoms. The molecule has 0 rings (SSSR count). The predicted molar refractivity (Wildman–Crippen MR) is 117 cm³/mol. The topological polar surface area (TPSA) is 6.02 Å². The third-order valence-electron chi connectivity index (χ3n) is 4.05. The monoisotopic (exact) mass is 374 g/mol. The van der Waals surface area contributed by atoms with Crippen LogP contribution in [0.1, 0.15) is 81.1 Å². The molecule has 0 aromatic heterocycles. The quantitative estimate of drug-likeness (QED) is 0.176. The van der Waals surface area contributed by atoms with Gasteiger partial charge in [-0.1, -0.05) is 36.4 Å². The highest BCUT2D eigenvalue weighted by molar-refractivity contribution is 8.12. The lowest BCUT2D eigenvalue weighted by molar-refractivity contribution is -0.581. The van der Waals surface area contributed by atoms with Gasteiger partial charge in [0, 0.05) is 11.5 Å². The van der Waals surface area contributed by atoms with Crippen molar-refractivity contribution >= 4 is 34.6 Å². The van der Waals surface area contributed by atoms with Gasteiger partial charge in [0.2, 0.25) is 0 Å². The average molecular weight is 375 g/mol. The Hall–Kier alpha value is 0.0400. The van der Waals surface area contributed by atoms with E-state index in [1.54, 1.807) is 0 Å². The molecule has 2 nitrogen and oxygen atoms in total. The van der Waals surface area contributed by atoms with Crippen LogP contribution in [0.2, 0.25) is 0 Å². The predicted octanol–water partition coefficient (Wildman–Crippen LogP) is 5.73. The molecule has 0 spiro atoms. The molecule has 24 heavy (non-hydrogen) atoms. The van der Waals surface area contributed by atoms with Gasteiger partial charge in [-0.25, -0.2) is 9.15 Å². The van der Waals surface area contributed by atoms with Gasteiger partial charge in [-0.2, -0.15) is 0 Å². The summed E-state index contributed by atoms with van der Waals surface area (Å²) < 4.78 is 4.90. The van der Waals surface area contributed by atoms with Crippen molar-refractivity contribution in [3.8, 4) is 0 Å². The van der Waals surface area contributed by atoms with E-state index in [0.29, 0.717) is 24.2 Å². The molecule has 0 aliphatic rings. The zero-order chi connectivity index (χ0) is 18.5. The van der Waals surface area contributed by atoms with Gasteiger partial charge < -0.3 is 0 Å². The molecule has 142 valence electrons. The molecular formula is C20H42N2S2+2. The Morgan fingerprint density at radius 1 is 0.542 bits per heavy atom.